The third-order valence-corrected chi connectivity index (χ3v) is 4.27. The van der Waals surface area contributed by atoms with E-state index in [0.717, 1.165) is 0 Å². The minimum atomic E-state index is -0.950. The lowest BCUT2D eigenvalue weighted by Crippen LogP contribution is -2.41. The van der Waals surface area contributed by atoms with Crippen LogP contribution in [0.2, 0.25) is 10.0 Å². The summed E-state index contributed by atoms with van der Waals surface area (Å²) in [5.74, 6) is -0.630. The highest BCUT2D eigenvalue weighted by molar-refractivity contribution is 6.42. The number of carboxylic acids is 1. The summed E-state index contributed by atoms with van der Waals surface area (Å²) in [6.07, 6.45) is -0.420. The fourth-order valence-electron chi connectivity index (χ4n) is 2.35. The maximum atomic E-state index is 11.2. The minimum Gasteiger partial charge on any atom is -0.481 e. The molecule has 22 heavy (non-hydrogen) atoms. The Morgan fingerprint density at radius 1 is 1.41 bits per heavy atom. The van der Waals surface area contributed by atoms with Crippen molar-refractivity contribution in [1.82, 2.24) is 0 Å². The Hall–Kier alpha value is -1.30. The Labute approximate surface area is 138 Å². The molecule has 0 aliphatic carbocycles. The van der Waals surface area contributed by atoms with E-state index in [-0.39, 0.29) is 6.42 Å². The molecule has 0 aromatic heterocycles. The van der Waals surface area contributed by atoms with E-state index in [0.29, 0.717) is 34.5 Å². The van der Waals surface area contributed by atoms with Crippen molar-refractivity contribution in [2.75, 3.05) is 6.61 Å². The molecule has 1 aromatic rings. The first-order chi connectivity index (χ1) is 10.4. The van der Waals surface area contributed by atoms with Gasteiger partial charge in [0.1, 0.15) is 5.54 Å². The van der Waals surface area contributed by atoms with Crippen LogP contribution in [0.15, 0.2) is 23.2 Å². The Kier molecular flexibility index (Phi) is 5.32. The molecule has 5 nitrogen and oxygen atoms in total. The largest absolute Gasteiger partial charge is 0.481 e. The zero-order valence-electron chi connectivity index (χ0n) is 12.3. The second kappa shape index (κ2) is 6.86. The molecule has 0 bridgehead atoms. The van der Waals surface area contributed by atoms with Crippen molar-refractivity contribution < 1.29 is 19.4 Å². The first-order valence-corrected chi connectivity index (χ1v) is 7.72. The average molecular weight is 346 g/mol. The number of rotatable bonds is 6. The highest BCUT2D eigenvalue weighted by Gasteiger charge is 2.47. The maximum Gasteiger partial charge on any atom is 0.306 e. The van der Waals surface area contributed by atoms with Crippen molar-refractivity contribution in [3.05, 3.63) is 33.8 Å². The van der Waals surface area contributed by atoms with Gasteiger partial charge in [0, 0.05) is 12.2 Å². The van der Waals surface area contributed by atoms with Gasteiger partial charge in [-0.15, -0.1) is 0 Å². The summed E-state index contributed by atoms with van der Waals surface area (Å²) < 4.78 is 11.3. The van der Waals surface area contributed by atoms with E-state index in [1.54, 1.807) is 18.2 Å². The quantitative estimate of drug-likeness (QED) is 0.852. The van der Waals surface area contributed by atoms with E-state index >= 15 is 0 Å². The number of ether oxygens (including phenoxy) is 2. The van der Waals surface area contributed by atoms with E-state index in [1.165, 1.54) is 0 Å². The lowest BCUT2D eigenvalue weighted by atomic mass is 9.92. The molecule has 0 fully saturated rings. The van der Waals surface area contributed by atoms with Crippen molar-refractivity contribution in [3.8, 4) is 0 Å². The normalized spacial score (nSPS) is 24.0. The summed E-state index contributed by atoms with van der Waals surface area (Å²) >= 11 is 11.9. The second-order valence-electron chi connectivity index (χ2n) is 4.98. The molecule has 0 spiro atoms. The molecule has 2 rings (SSSR count). The van der Waals surface area contributed by atoms with E-state index in [9.17, 15) is 9.90 Å². The highest BCUT2D eigenvalue weighted by atomic mass is 35.5. The number of carboxylic acid groups (broad SMARTS) is 1. The van der Waals surface area contributed by atoms with E-state index in [4.69, 9.17) is 32.7 Å². The van der Waals surface area contributed by atoms with Gasteiger partial charge in [0.15, 0.2) is 0 Å². The van der Waals surface area contributed by atoms with Crippen LogP contribution in [0.1, 0.15) is 32.3 Å². The molecular formula is C15H17Cl2NO4. The topological polar surface area (TPSA) is 68.1 Å². The van der Waals surface area contributed by atoms with Gasteiger partial charge in [0.05, 0.1) is 16.5 Å². The number of aliphatic imine (C=N–C) groups is 1. The maximum absolute atomic E-state index is 11.2. The number of aliphatic carboxylic acids is 1. The third kappa shape index (κ3) is 3.37. The molecule has 1 heterocycles. The van der Waals surface area contributed by atoms with E-state index in [2.05, 4.69) is 4.99 Å². The molecule has 0 saturated heterocycles. The molecule has 0 amide bonds. The lowest BCUT2D eigenvalue weighted by Gasteiger charge is -2.28. The number of carbonyl (C=O) groups is 1. The fraction of sp³-hybridized carbons (Fsp3) is 0.467. The van der Waals surface area contributed by atoms with Gasteiger partial charge in [-0.25, -0.2) is 4.99 Å². The van der Waals surface area contributed by atoms with Crippen LogP contribution in [0.25, 0.3) is 0 Å². The summed E-state index contributed by atoms with van der Waals surface area (Å²) in [5.41, 5.74) is -0.302. The fourth-order valence-corrected chi connectivity index (χ4v) is 2.65. The highest BCUT2D eigenvalue weighted by Crippen LogP contribution is 2.36. The first kappa shape index (κ1) is 17.1. The van der Waals surface area contributed by atoms with Gasteiger partial charge in [-0.3, -0.25) is 4.79 Å². The van der Waals surface area contributed by atoms with E-state index < -0.39 is 17.8 Å². The van der Waals surface area contributed by atoms with Gasteiger partial charge >= 0.3 is 5.97 Å². The molecule has 2 unspecified atom stereocenters. The SMILES string of the molecule is CCOC1OC(c2ccc(Cl)c(Cl)c2)=NC1(CC)CC(=O)O. The van der Waals surface area contributed by atoms with Crippen LogP contribution in [0.5, 0.6) is 0 Å². The van der Waals surface area contributed by atoms with Gasteiger partial charge in [-0.05, 0) is 31.5 Å². The van der Waals surface area contributed by atoms with Crippen molar-refractivity contribution in [3.63, 3.8) is 0 Å². The van der Waals surface area contributed by atoms with Crippen LogP contribution in [0.4, 0.5) is 0 Å². The molecule has 120 valence electrons. The molecule has 1 aromatic carbocycles. The number of hydrogen-bond donors (Lipinski definition) is 1. The predicted octanol–water partition coefficient (Wildman–Crippen LogP) is 3.76. The standard InChI is InChI=1S/C15H17Cl2NO4/c1-3-15(8-12(19)20)14(21-4-2)22-13(18-15)9-5-6-10(16)11(17)7-9/h5-7,14H,3-4,8H2,1-2H3,(H,19,20). The molecule has 1 aliphatic heterocycles. The zero-order chi connectivity index (χ0) is 16.3. The summed E-state index contributed by atoms with van der Waals surface area (Å²) in [4.78, 5) is 15.7. The van der Waals surface area contributed by atoms with Crippen LogP contribution in [-0.2, 0) is 14.3 Å². The molecular weight excluding hydrogens is 329 g/mol. The van der Waals surface area contributed by atoms with Gasteiger partial charge in [0.2, 0.25) is 12.2 Å². The van der Waals surface area contributed by atoms with Crippen molar-refractivity contribution in [1.29, 1.82) is 0 Å². The number of halogens is 2. The van der Waals surface area contributed by atoms with Crippen molar-refractivity contribution in [2.45, 2.75) is 38.5 Å². The molecule has 2 atom stereocenters. The van der Waals surface area contributed by atoms with Crippen LogP contribution in [0.3, 0.4) is 0 Å². The van der Waals surface area contributed by atoms with Crippen LogP contribution in [0, 0.1) is 0 Å². The molecule has 0 radical (unpaired) electrons. The number of benzene rings is 1. The second-order valence-corrected chi connectivity index (χ2v) is 5.79. The van der Waals surface area contributed by atoms with Crippen LogP contribution < -0.4 is 0 Å². The molecule has 1 N–H and O–H groups in total. The summed E-state index contributed by atoms with van der Waals surface area (Å²) in [7, 11) is 0. The Morgan fingerprint density at radius 3 is 2.68 bits per heavy atom. The van der Waals surface area contributed by atoms with E-state index in [1.807, 2.05) is 13.8 Å². The van der Waals surface area contributed by atoms with Gasteiger partial charge in [-0.1, -0.05) is 30.1 Å². The summed E-state index contributed by atoms with van der Waals surface area (Å²) in [6, 6.07) is 5.00. The van der Waals surface area contributed by atoms with Gasteiger partial charge in [-0.2, -0.15) is 0 Å². The van der Waals surface area contributed by atoms with Crippen molar-refractivity contribution >= 4 is 35.1 Å². The number of hydrogen-bond acceptors (Lipinski definition) is 4. The zero-order valence-corrected chi connectivity index (χ0v) is 13.8. The Bertz CT molecular complexity index is 605. The summed E-state index contributed by atoms with van der Waals surface area (Å²) in [5, 5.41) is 9.98. The van der Waals surface area contributed by atoms with Gasteiger partial charge in [0.25, 0.3) is 0 Å². The molecule has 0 saturated carbocycles. The van der Waals surface area contributed by atoms with Crippen molar-refractivity contribution in [2.24, 2.45) is 4.99 Å². The Morgan fingerprint density at radius 2 is 2.14 bits per heavy atom. The number of nitrogens with zero attached hydrogens (tertiary/aromatic N) is 1. The molecule has 7 heteroatoms. The average Bonchev–Trinajstić information content (AvgIpc) is 2.81. The van der Waals surface area contributed by atoms with Crippen LogP contribution >= 0.6 is 23.2 Å². The monoisotopic (exact) mass is 345 g/mol. The first-order valence-electron chi connectivity index (χ1n) is 6.97. The smallest absolute Gasteiger partial charge is 0.306 e. The molecule has 1 aliphatic rings. The lowest BCUT2D eigenvalue weighted by molar-refractivity contribution is -0.147. The van der Waals surface area contributed by atoms with Gasteiger partial charge < -0.3 is 14.6 Å². The summed E-state index contributed by atoms with van der Waals surface area (Å²) in [6.45, 7) is 4.08. The minimum absolute atomic E-state index is 0.168. The Balaban J connectivity index is 2.39. The van der Waals surface area contributed by atoms with Crippen LogP contribution in [-0.4, -0.2) is 35.4 Å². The third-order valence-electron chi connectivity index (χ3n) is 3.54. The predicted molar refractivity (Wildman–Crippen MR) is 84.8 cm³/mol.